The highest BCUT2D eigenvalue weighted by Gasteiger charge is 2.19. The van der Waals surface area contributed by atoms with Crippen molar-refractivity contribution in [3.8, 4) is 11.4 Å². The van der Waals surface area contributed by atoms with Crippen LogP contribution >= 0.6 is 11.3 Å². The van der Waals surface area contributed by atoms with Gasteiger partial charge in [-0.2, -0.15) is 0 Å². The molecule has 0 aliphatic carbocycles. The summed E-state index contributed by atoms with van der Waals surface area (Å²) in [4.78, 5) is 50.6. The monoisotopic (exact) mass is 449 g/mol. The fourth-order valence-electron chi connectivity index (χ4n) is 3.40. The van der Waals surface area contributed by atoms with Crippen LogP contribution in [0, 0.1) is 0 Å². The molecule has 9 heteroatoms. The number of para-hydroxylation sites is 2. The Morgan fingerprint density at radius 2 is 1.75 bits per heavy atom. The Labute approximate surface area is 186 Å². The van der Waals surface area contributed by atoms with Crippen molar-refractivity contribution in [3.63, 3.8) is 0 Å². The van der Waals surface area contributed by atoms with Crippen molar-refractivity contribution in [2.75, 3.05) is 12.4 Å². The molecule has 0 bridgehead atoms. The van der Waals surface area contributed by atoms with Crippen LogP contribution in [-0.4, -0.2) is 27.9 Å². The highest BCUT2D eigenvalue weighted by molar-refractivity contribution is 7.17. The SMILES string of the molecule is COc1ccccc1-n1c(=O)c2sccc2n(CC(=O)Nc2ccc(C(C)=O)cc2)c1=O. The van der Waals surface area contributed by atoms with E-state index in [0.717, 1.165) is 4.57 Å². The highest BCUT2D eigenvalue weighted by atomic mass is 32.1. The van der Waals surface area contributed by atoms with Gasteiger partial charge in [0.25, 0.3) is 5.56 Å². The first kappa shape index (κ1) is 21.3. The lowest BCUT2D eigenvalue weighted by Gasteiger charge is -2.14. The molecule has 0 spiro atoms. The number of anilines is 1. The number of aromatic nitrogens is 2. The quantitative estimate of drug-likeness (QED) is 0.456. The predicted molar refractivity (Wildman–Crippen MR) is 123 cm³/mol. The number of carbonyl (C=O) groups is 2. The number of methoxy groups -OCH3 is 1. The zero-order valence-electron chi connectivity index (χ0n) is 17.3. The van der Waals surface area contributed by atoms with Gasteiger partial charge in [-0.05, 0) is 54.8 Å². The largest absolute Gasteiger partial charge is 0.495 e. The van der Waals surface area contributed by atoms with Crippen molar-refractivity contribution in [3.05, 3.63) is 86.4 Å². The molecule has 1 N–H and O–H groups in total. The van der Waals surface area contributed by atoms with Crippen molar-refractivity contribution < 1.29 is 14.3 Å². The lowest BCUT2D eigenvalue weighted by atomic mass is 10.1. The third kappa shape index (κ3) is 3.85. The van der Waals surface area contributed by atoms with E-state index in [1.165, 1.54) is 29.9 Å². The summed E-state index contributed by atoms with van der Waals surface area (Å²) in [5.41, 5.74) is 0.594. The molecule has 0 aliphatic rings. The molecule has 1 amide bonds. The molecular formula is C23H19N3O5S. The molecule has 0 unspecified atom stereocenters. The van der Waals surface area contributed by atoms with Crippen LogP contribution in [0.25, 0.3) is 15.9 Å². The van der Waals surface area contributed by atoms with E-state index in [1.54, 1.807) is 60.0 Å². The lowest BCUT2D eigenvalue weighted by Crippen LogP contribution is -2.40. The van der Waals surface area contributed by atoms with Crippen LogP contribution in [0.2, 0.25) is 0 Å². The van der Waals surface area contributed by atoms with Gasteiger partial charge < -0.3 is 10.1 Å². The van der Waals surface area contributed by atoms with Crippen molar-refractivity contribution in [2.45, 2.75) is 13.5 Å². The van der Waals surface area contributed by atoms with E-state index in [1.807, 2.05) is 0 Å². The molecule has 2 aromatic heterocycles. The minimum Gasteiger partial charge on any atom is -0.495 e. The molecule has 32 heavy (non-hydrogen) atoms. The fourth-order valence-corrected chi connectivity index (χ4v) is 4.22. The maximum Gasteiger partial charge on any atom is 0.336 e. The zero-order valence-corrected chi connectivity index (χ0v) is 18.1. The number of ketones is 1. The van der Waals surface area contributed by atoms with Gasteiger partial charge in [-0.25, -0.2) is 9.36 Å². The number of nitrogens with one attached hydrogen (secondary N) is 1. The number of fused-ring (bicyclic) bond motifs is 1. The van der Waals surface area contributed by atoms with Crippen molar-refractivity contribution in [1.29, 1.82) is 0 Å². The van der Waals surface area contributed by atoms with Crippen LogP contribution in [0.15, 0.2) is 69.6 Å². The predicted octanol–water partition coefficient (Wildman–Crippen LogP) is 3.06. The zero-order chi connectivity index (χ0) is 22.8. The van der Waals surface area contributed by atoms with Gasteiger partial charge in [0.15, 0.2) is 5.78 Å². The Morgan fingerprint density at radius 1 is 1.03 bits per heavy atom. The highest BCUT2D eigenvalue weighted by Crippen LogP contribution is 2.22. The maximum absolute atomic E-state index is 13.3. The van der Waals surface area contributed by atoms with E-state index in [9.17, 15) is 19.2 Å². The average molecular weight is 449 g/mol. The van der Waals surface area contributed by atoms with E-state index >= 15 is 0 Å². The first-order valence-corrected chi connectivity index (χ1v) is 10.6. The number of Topliss-reactive ketones (excluding diaryl/α,β-unsaturated/α-hetero) is 1. The van der Waals surface area contributed by atoms with Gasteiger partial charge in [0.1, 0.15) is 17.0 Å². The molecule has 2 heterocycles. The number of hydrogen-bond acceptors (Lipinski definition) is 6. The molecule has 2 aromatic carbocycles. The molecule has 0 aliphatic heterocycles. The number of thiophene rings is 1. The summed E-state index contributed by atoms with van der Waals surface area (Å²) in [6, 6.07) is 14.8. The van der Waals surface area contributed by atoms with Crippen molar-refractivity contribution >= 4 is 38.9 Å². The summed E-state index contributed by atoms with van der Waals surface area (Å²) >= 11 is 1.20. The number of amides is 1. The normalized spacial score (nSPS) is 10.8. The Morgan fingerprint density at radius 3 is 2.44 bits per heavy atom. The Bertz CT molecular complexity index is 1450. The second-order valence-corrected chi connectivity index (χ2v) is 7.91. The van der Waals surface area contributed by atoms with Crippen LogP contribution < -0.4 is 21.3 Å². The molecular weight excluding hydrogens is 430 g/mol. The summed E-state index contributed by atoms with van der Waals surface area (Å²) in [5.74, 6) is -0.155. The number of hydrogen-bond donors (Lipinski definition) is 1. The molecule has 0 atom stereocenters. The average Bonchev–Trinajstić information content (AvgIpc) is 3.28. The number of nitrogens with zero attached hydrogens (tertiary/aromatic N) is 2. The van der Waals surface area contributed by atoms with Crippen LogP contribution in [-0.2, 0) is 11.3 Å². The van der Waals surface area contributed by atoms with E-state index in [-0.39, 0.29) is 12.3 Å². The van der Waals surface area contributed by atoms with Gasteiger partial charge in [0.05, 0.1) is 18.3 Å². The molecule has 0 radical (unpaired) electrons. The van der Waals surface area contributed by atoms with Gasteiger partial charge >= 0.3 is 5.69 Å². The number of carbonyl (C=O) groups excluding carboxylic acids is 2. The number of rotatable bonds is 6. The molecule has 0 fully saturated rings. The summed E-state index contributed by atoms with van der Waals surface area (Å²) in [5, 5.41) is 4.42. The third-order valence-electron chi connectivity index (χ3n) is 4.96. The van der Waals surface area contributed by atoms with Crippen LogP contribution in [0.5, 0.6) is 5.75 Å². The van der Waals surface area contributed by atoms with E-state index in [2.05, 4.69) is 5.32 Å². The molecule has 8 nitrogen and oxygen atoms in total. The Kier molecular flexibility index (Phi) is 5.74. The van der Waals surface area contributed by atoms with Gasteiger partial charge in [0.2, 0.25) is 5.91 Å². The number of benzene rings is 2. The maximum atomic E-state index is 13.3. The van der Waals surface area contributed by atoms with Gasteiger partial charge in [-0.3, -0.25) is 19.0 Å². The smallest absolute Gasteiger partial charge is 0.336 e. The molecule has 4 aromatic rings. The summed E-state index contributed by atoms with van der Waals surface area (Å²) < 4.78 is 7.96. The second kappa shape index (κ2) is 8.64. The lowest BCUT2D eigenvalue weighted by molar-refractivity contribution is -0.116. The Balaban J connectivity index is 1.75. The fraction of sp³-hybridized carbons (Fsp3) is 0.130. The van der Waals surface area contributed by atoms with Crippen molar-refractivity contribution in [2.24, 2.45) is 0 Å². The van der Waals surface area contributed by atoms with Crippen molar-refractivity contribution in [1.82, 2.24) is 9.13 Å². The van der Waals surface area contributed by atoms with Gasteiger partial charge in [-0.1, -0.05) is 12.1 Å². The first-order chi connectivity index (χ1) is 15.4. The minimum absolute atomic E-state index is 0.0760. The summed E-state index contributed by atoms with van der Waals surface area (Å²) in [6.07, 6.45) is 0. The molecule has 0 saturated heterocycles. The third-order valence-corrected chi connectivity index (χ3v) is 5.85. The standard InChI is InChI=1S/C23H19N3O5S/c1-14(27)15-7-9-16(10-8-15)24-20(28)13-25-18-11-12-32-21(18)22(29)26(23(25)30)17-5-3-4-6-19(17)31-2/h3-12H,13H2,1-2H3,(H,24,28). The topological polar surface area (TPSA) is 99.4 Å². The van der Waals surface area contributed by atoms with Crippen LogP contribution in [0.1, 0.15) is 17.3 Å². The van der Waals surface area contributed by atoms with Crippen LogP contribution in [0.3, 0.4) is 0 Å². The summed E-state index contributed by atoms with van der Waals surface area (Å²) in [7, 11) is 1.46. The molecule has 0 saturated carbocycles. The molecule has 4 rings (SSSR count). The van der Waals surface area contributed by atoms with Crippen LogP contribution in [0.4, 0.5) is 5.69 Å². The first-order valence-electron chi connectivity index (χ1n) is 9.68. The van der Waals surface area contributed by atoms with E-state index < -0.39 is 17.2 Å². The minimum atomic E-state index is -0.646. The molecule has 162 valence electrons. The van der Waals surface area contributed by atoms with E-state index in [0.29, 0.717) is 32.9 Å². The van der Waals surface area contributed by atoms with E-state index in [4.69, 9.17) is 4.74 Å². The van der Waals surface area contributed by atoms with Gasteiger partial charge in [0, 0.05) is 11.3 Å². The number of ether oxygens (including phenoxy) is 1. The van der Waals surface area contributed by atoms with Gasteiger partial charge in [-0.15, -0.1) is 11.3 Å². The summed E-state index contributed by atoms with van der Waals surface area (Å²) in [6.45, 7) is 1.17. The second-order valence-electron chi connectivity index (χ2n) is 7.00. The Hall–Kier alpha value is -3.98.